The first kappa shape index (κ1) is 35.3. The molecule has 0 unspecified atom stereocenters. The molecule has 1 amide bonds. The Bertz CT molecular complexity index is 1240. The maximum atomic E-state index is 14.7. The van der Waals surface area contributed by atoms with Crippen molar-refractivity contribution in [3.05, 3.63) is 96.6 Å². The first-order chi connectivity index (χ1) is 20.8. The largest absolute Gasteiger partial charge is 0.446 e. The molecule has 3 rings (SSSR count). The van der Waals surface area contributed by atoms with E-state index in [-0.39, 0.29) is 30.8 Å². The number of ether oxygens (including phenoxy) is 2. The molecular formula is C34H45F2NO6Si. The molecule has 0 bridgehead atoms. The summed E-state index contributed by atoms with van der Waals surface area (Å²) >= 11 is 0. The molecule has 0 fully saturated rings. The van der Waals surface area contributed by atoms with Crippen molar-refractivity contribution >= 4 is 24.8 Å². The summed E-state index contributed by atoms with van der Waals surface area (Å²) < 4.78 is 46.6. The van der Waals surface area contributed by atoms with Crippen LogP contribution in [0.15, 0.2) is 91.0 Å². The number of hydrogen-bond acceptors (Lipinski definition) is 6. The molecule has 2 N–H and O–H groups in total. The molecule has 0 radical (unpaired) electrons. The molecule has 10 heteroatoms. The van der Waals surface area contributed by atoms with Crippen LogP contribution in [0.5, 0.6) is 0 Å². The second kappa shape index (κ2) is 15.7. The third-order valence-electron chi connectivity index (χ3n) is 7.57. The SMILES string of the molecule is CC(C)N(CCO[Si](c1ccccc1)(c1ccccc1)C(C)(C)C)C(=O)OC[C@@H](O)C(F)(F)[C@H](O)COCc1ccccc1. The number of carbonyl (C=O) groups excluding carboxylic acids is 1. The summed E-state index contributed by atoms with van der Waals surface area (Å²) in [6.45, 7) is 8.65. The Morgan fingerprint density at radius 2 is 1.30 bits per heavy atom. The van der Waals surface area contributed by atoms with Crippen molar-refractivity contribution in [2.75, 3.05) is 26.4 Å². The molecule has 44 heavy (non-hydrogen) atoms. The number of aliphatic hydroxyl groups is 2. The number of hydrogen-bond donors (Lipinski definition) is 2. The van der Waals surface area contributed by atoms with E-state index >= 15 is 0 Å². The molecule has 0 spiro atoms. The molecule has 3 aromatic rings. The lowest BCUT2D eigenvalue weighted by Crippen LogP contribution is -2.67. The molecule has 0 saturated heterocycles. The van der Waals surface area contributed by atoms with Crippen LogP contribution in [-0.2, 0) is 20.5 Å². The third-order valence-corrected chi connectivity index (χ3v) is 12.6. The summed E-state index contributed by atoms with van der Waals surface area (Å²) in [4.78, 5) is 14.4. The summed E-state index contributed by atoms with van der Waals surface area (Å²) in [5.41, 5.74) is 0.755. The highest BCUT2D eigenvalue weighted by atomic mass is 28.4. The van der Waals surface area contributed by atoms with Gasteiger partial charge in [0.2, 0.25) is 0 Å². The molecular weight excluding hydrogens is 584 g/mol. The average Bonchev–Trinajstić information content (AvgIpc) is 3.00. The molecule has 3 aromatic carbocycles. The number of nitrogens with zero attached hydrogens (tertiary/aromatic N) is 1. The predicted octanol–water partition coefficient (Wildman–Crippen LogP) is 4.98. The van der Waals surface area contributed by atoms with Crippen molar-refractivity contribution < 1.29 is 37.7 Å². The van der Waals surface area contributed by atoms with Gasteiger partial charge in [-0.25, -0.2) is 13.6 Å². The first-order valence-corrected chi connectivity index (χ1v) is 16.8. The number of rotatable bonds is 15. The molecule has 0 aromatic heterocycles. The second-order valence-corrected chi connectivity index (χ2v) is 16.4. The Labute approximate surface area is 260 Å². The Morgan fingerprint density at radius 1 is 0.818 bits per heavy atom. The number of aliphatic hydroxyl groups excluding tert-OH is 2. The van der Waals surface area contributed by atoms with Crippen LogP contribution in [0.1, 0.15) is 40.2 Å². The van der Waals surface area contributed by atoms with Gasteiger partial charge >= 0.3 is 12.0 Å². The molecule has 0 aliphatic heterocycles. The van der Waals surface area contributed by atoms with Gasteiger partial charge in [0.05, 0.1) is 19.8 Å². The summed E-state index contributed by atoms with van der Waals surface area (Å²) in [7, 11) is -2.85. The average molecular weight is 630 g/mol. The van der Waals surface area contributed by atoms with E-state index in [1.807, 2.05) is 42.5 Å². The molecule has 0 saturated carbocycles. The third kappa shape index (κ3) is 8.73. The first-order valence-electron chi connectivity index (χ1n) is 14.8. The van der Waals surface area contributed by atoms with Crippen LogP contribution in [0.2, 0.25) is 5.04 Å². The monoisotopic (exact) mass is 629 g/mol. The van der Waals surface area contributed by atoms with Gasteiger partial charge in [-0.2, -0.15) is 0 Å². The molecule has 7 nitrogen and oxygen atoms in total. The highest BCUT2D eigenvalue weighted by molar-refractivity contribution is 6.99. The van der Waals surface area contributed by atoms with Crippen LogP contribution in [0.4, 0.5) is 13.6 Å². The molecule has 0 aliphatic carbocycles. The van der Waals surface area contributed by atoms with Crippen LogP contribution in [0, 0.1) is 0 Å². The Kier molecular flexibility index (Phi) is 12.6. The number of amides is 1. The highest BCUT2D eigenvalue weighted by Gasteiger charge is 2.50. The zero-order valence-corrected chi connectivity index (χ0v) is 27.2. The zero-order chi connectivity index (χ0) is 32.4. The topological polar surface area (TPSA) is 88.5 Å². The van der Waals surface area contributed by atoms with Crippen LogP contribution in [-0.4, -0.2) is 80.1 Å². The van der Waals surface area contributed by atoms with Crippen LogP contribution in [0.25, 0.3) is 0 Å². The maximum absolute atomic E-state index is 14.7. The normalized spacial score (nSPS) is 13.9. The van der Waals surface area contributed by atoms with Gasteiger partial charge < -0.3 is 29.0 Å². The zero-order valence-electron chi connectivity index (χ0n) is 26.2. The van der Waals surface area contributed by atoms with E-state index in [0.29, 0.717) is 0 Å². The predicted molar refractivity (Wildman–Crippen MR) is 170 cm³/mol. The van der Waals surface area contributed by atoms with E-state index in [1.54, 1.807) is 38.1 Å². The summed E-state index contributed by atoms with van der Waals surface area (Å²) in [5, 5.41) is 22.1. The highest BCUT2D eigenvalue weighted by Crippen LogP contribution is 2.36. The van der Waals surface area contributed by atoms with Crippen LogP contribution < -0.4 is 10.4 Å². The lowest BCUT2D eigenvalue weighted by Gasteiger charge is -2.43. The van der Waals surface area contributed by atoms with Gasteiger partial charge in [-0.3, -0.25) is 0 Å². The van der Waals surface area contributed by atoms with Crippen molar-refractivity contribution in [3.63, 3.8) is 0 Å². The summed E-state index contributed by atoms with van der Waals surface area (Å²) in [6.07, 6.45) is -5.58. The van der Waals surface area contributed by atoms with Crippen molar-refractivity contribution in [2.45, 2.75) is 70.4 Å². The maximum Gasteiger partial charge on any atom is 0.410 e. The van der Waals surface area contributed by atoms with Gasteiger partial charge in [0, 0.05) is 12.6 Å². The Hall–Kier alpha value is -3.15. The van der Waals surface area contributed by atoms with Crippen LogP contribution in [0.3, 0.4) is 0 Å². The number of benzene rings is 3. The quantitative estimate of drug-likeness (QED) is 0.231. The number of halogens is 2. The molecule has 0 aliphatic rings. The van der Waals surface area contributed by atoms with Crippen molar-refractivity contribution in [2.24, 2.45) is 0 Å². The van der Waals surface area contributed by atoms with Crippen molar-refractivity contribution in [1.82, 2.24) is 4.90 Å². The van der Waals surface area contributed by atoms with Gasteiger partial charge in [0.15, 0.2) is 6.10 Å². The van der Waals surface area contributed by atoms with E-state index in [0.717, 1.165) is 15.9 Å². The number of alkyl halides is 2. The number of carbonyl (C=O) groups is 1. The Balaban J connectivity index is 1.64. The van der Waals surface area contributed by atoms with Crippen LogP contribution >= 0.6 is 0 Å². The van der Waals surface area contributed by atoms with Gasteiger partial charge in [0.25, 0.3) is 8.32 Å². The van der Waals surface area contributed by atoms with E-state index in [1.165, 1.54) is 4.90 Å². The molecule has 0 heterocycles. The van der Waals surface area contributed by atoms with Gasteiger partial charge in [-0.05, 0) is 34.8 Å². The fourth-order valence-corrected chi connectivity index (χ4v) is 9.71. The molecule has 2 atom stereocenters. The van der Waals surface area contributed by atoms with E-state index < -0.39 is 45.8 Å². The second-order valence-electron chi connectivity index (χ2n) is 12.1. The van der Waals surface area contributed by atoms with Crippen molar-refractivity contribution in [3.8, 4) is 0 Å². The smallest absolute Gasteiger partial charge is 0.410 e. The summed E-state index contributed by atoms with van der Waals surface area (Å²) in [6, 6.07) is 28.7. The standard InChI is InChI=1S/C34H45F2NO6Si/c1-26(2)37(32(40)42-25-31(39)34(35,36)30(38)24-41-23-27-15-9-6-10-16-27)21-22-43-44(33(3,4)5,28-17-11-7-12-18-28)29-19-13-8-14-20-29/h6-20,26,30-31,38-39H,21-25H2,1-5H3/t30-,31-/m1/s1. The fraction of sp³-hybridized carbons (Fsp3) is 0.441. The minimum atomic E-state index is -3.97. The van der Waals surface area contributed by atoms with Crippen molar-refractivity contribution in [1.29, 1.82) is 0 Å². The molecule has 240 valence electrons. The van der Waals surface area contributed by atoms with E-state index in [9.17, 15) is 23.8 Å². The van der Waals surface area contributed by atoms with Gasteiger partial charge in [0.1, 0.15) is 12.7 Å². The fourth-order valence-electron chi connectivity index (χ4n) is 5.16. The lowest BCUT2D eigenvalue weighted by atomic mass is 10.1. The minimum absolute atomic E-state index is 0.0262. The summed E-state index contributed by atoms with van der Waals surface area (Å²) in [5.74, 6) is -3.97. The van der Waals surface area contributed by atoms with E-state index in [4.69, 9.17) is 13.9 Å². The van der Waals surface area contributed by atoms with Gasteiger partial charge in [-0.15, -0.1) is 0 Å². The van der Waals surface area contributed by atoms with E-state index in [2.05, 4.69) is 45.0 Å². The van der Waals surface area contributed by atoms with Gasteiger partial charge in [-0.1, -0.05) is 112 Å². The lowest BCUT2D eigenvalue weighted by molar-refractivity contribution is -0.200. The Morgan fingerprint density at radius 3 is 1.77 bits per heavy atom. The minimum Gasteiger partial charge on any atom is -0.446 e.